The molecule has 0 radical (unpaired) electrons. The van der Waals surface area contributed by atoms with Gasteiger partial charge in [0.1, 0.15) is 0 Å². The molecule has 0 aromatic carbocycles. The van der Waals surface area contributed by atoms with E-state index in [0.717, 1.165) is 0 Å². The Morgan fingerprint density at radius 1 is 1.53 bits per heavy atom. The minimum Gasteiger partial charge on any atom is -0.396 e. The lowest BCUT2D eigenvalue weighted by Crippen LogP contribution is -2.34. The van der Waals surface area contributed by atoms with Gasteiger partial charge in [0.2, 0.25) is 0 Å². The van der Waals surface area contributed by atoms with Gasteiger partial charge in [0.15, 0.2) is 0 Å². The number of aliphatic hydroxyl groups excluding tert-OH is 2. The maximum absolute atomic E-state index is 11.6. The van der Waals surface area contributed by atoms with Crippen LogP contribution in [-0.4, -0.2) is 33.0 Å². The molecule has 2 atom stereocenters. The second-order valence-electron chi connectivity index (χ2n) is 4.80. The van der Waals surface area contributed by atoms with E-state index in [9.17, 15) is 14.7 Å². The molecule has 3 N–H and O–H groups in total. The second kappa shape index (κ2) is 4.12. The van der Waals surface area contributed by atoms with E-state index in [-0.39, 0.29) is 24.7 Å². The molecule has 1 aromatic heterocycles. The third-order valence-electron chi connectivity index (χ3n) is 3.57. The normalized spacial score (nSPS) is 27.1. The maximum atomic E-state index is 11.6. The highest BCUT2D eigenvalue weighted by atomic mass is 16.3. The monoisotopic (exact) mass is 240 g/mol. The Morgan fingerprint density at radius 2 is 2.24 bits per heavy atom. The van der Waals surface area contributed by atoms with Crippen molar-refractivity contribution in [3.63, 3.8) is 0 Å². The van der Waals surface area contributed by atoms with Crippen LogP contribution in [0.4, 0.5) is 0 Å². The van der Waals surface area contributed by atoms with Gasteiger partial charge in [-0.3, -0.25) is 14.3 Å². The first kappa shape index (κ1) is 12.1. The zero-order valence-electron chi connectivity index (χ0n) is 9.64. The fraction of sp³-hybridized carbons (Fsp3) is 0.636. The molecular weight excluding hydrogens is 224 g/mol. The molecule has 0 spiro atoms. The van der Waals surface area contributed by atoms with E-state index >= 15 is 0 Å². The highest BCUT2D eigenvalue weighted by Crippen LogP contribution is 2.52. The summed E-state index contributed by atoms with van der Waals surface area (Å²) in [5.74, 6) is 0.0339. The van der Waals surface area contributed by atoms with Crippen molar-refractivity contribution in [3.05, 3.63) is 32.6 Å². The molecule has 0 bridgehead atoms. The number of aryl methyl sites for hydroxylation is 1. The zero-order valence-corrected chi connectivity index (χ0v) is 9.64. The van der Waals surface area contributed by atoms with Crippen molar-refractivity contribution in [2.24, 2.45) is 11.3 Å². The first-order valence-corrected chi connectivity index (χ1v) is 5.54. The van der Waals surface area contributed by atoms with Crippen molar-refractivity contribution in [2.45, 2.75) is 19.9 Å². The summed E-state index contributed by atoms with van der Waals surface area (Å²) in [4.78, 5) is 25.0. The molecule has 6 heteroatoms. The molecule has 94 valence electrons. The Kier molecular flexibility index (Phi) is 2.92. The Bertz CT molecular complexity index is 533. The van der Waals surface area contributed by atoms with Gasteiger partial charge in [-0.15, -0.1) is 0 Å². The maximum Gasteiger partial charge on any atom is 0.328 e. The first-order chi connectivity index (χ1) is 8.02. The summed E-state index contributed by atoms with van der Waals surface area (Å²) in [7, 11) is 0. The largest absolute Gasteiger partial charge is 0.396 e. The summed E-state index contributed by atoms with van der Waals surface area (Å²) < 4.78 is 1.39. The van der Waals surface area contributed by atoms with Crippen LogP contribution < -0.4 is 11.2 Å². The van der Waals surface area contributed by atoms with Gasteiger partial charge in [0.05, 0.1) is 6.61 Å². The lowest BCUT2D eigenvalue weighted by Gasteiger charge is -2.15. The fourth-order valence-corrected chi connectivity index (χ4v) is 2.20. The number of rotatable bonds is 4. The van der Waals surface area contributed by atoms with Crippen LogP contribution in [0.15, 0.2) is 15.8 Å². The van der Waals surface area contributed by atoms with Crippen LogP contribution in [0.1, 0.15) is 12.0 Å². The number of nitrogens with zero attached hydrogens (tertiary/aromatic N) is 1. The summed E-state index contributed by atoms with van der Waals surface area (Å²) in [5, 5.41) is 18.4. The smallest absolute Gasteiger partial charge is 0.328 e. The molecule has 1 aliphatic carbocycles. The molecule has 17 heavy (non-hydrogen) atoms. The number of nitrogens with one attached hydrogen (secondary N) is 1. The number of aliphatic hydroxyl groups is 2. The Labute approximate surface area is 97.5 Å². The molecule has 2 rings (SSSR count). The summed E-state index contributed by atoms with van der Waals surface area (Å²) in [6.45, 7) is 1.89. The second-order valence-corrected chi connectivity index (χ2v) is 4.80. The molecule has 1 aromatic rings. The lowest BCUT2D eigenvalue weighted by molar-refractivity contribution is 0.156. The molecule has 1 heterocycles. The Morgan fingerprint density at radius 3 is 2.76 bits per heavy atom. The SMILES string of the molecule is Cc1cn(C[C@]2(CO)C[C@H]2CO)c(=O)[nH]c1=O. The van der Waals surface area contributed by atoms with E-state index in [1.54, 1.807) is 6.92 Å². The van der Waals surface area contributed by atoms with Crippen molar-refractivity contribution >= 4 is 0 Å². The predicted octanol–water partition coefficient (Wildman–Crippen LogP) is -1.16. The van der Waals surface area contributed by atoms with Crippen molar-refractivity contribution in [1.29, 1.82) is 0 Å². The molecule has 0 amide bonds. The van der Waals surface area contributed by atoms with Crippen LogP contribution >= 0.6 is 0 Å². The van der Waals surface area contributed by atoms with Gasteiger partial charge in [0.25, 0.3) is 5.56 Å². The van der Waals surface area contributed by atoms with Gasteiger partial charge in [0, 0.05) is 30.3 Å². The Hall–Kier alpha value is -1.40. The molecule has 0 aliphatic heterocycles. The lowest BCUT2D eigenvalue weighted by atomic mass is 10.1. The molecule has 0 unspecified atom stereocenters. The van der Waals surface area contributed by atoms with E-state index in [4.69, 9.17) is 5.11 Å². The van der Waals surface area contributed by atoms with Gasteiger partial charge < -0.3 is 10.2 Å². The highest BCUT2D eigenvalue weighted by molar-refractivity contribution is 5.05. The van der Waals surface area contributed by atoms with Gasteiger partial charge in [-0.2, -0.15) is 0 Å². The molecule has 6 nitrogen and oxygen atoms in total. The van der Waals surface area contributed by atoms with Crippen LogP contribution in [0.3, 0.4) is 0 Å². The molecule has 1 fully saturated rings. The molecule has 0 saturated heterocycles. The summed E-state index contributed by atoms with van der Waals surface area (Å²) in [5.41, 5.74) is -0.821. The highest BCUT2D eigenvalue weighted by Gasteiger charge is 2.53. The summed E-state index contributed by atoms with van der Waals surface area (Å²) in [6.07, 6.45) is 2.19. The van der Waals surface area contributed by atoms with Crippen molar-refractivity contribution < 1.29 is 10.2 Å². The third-order valence-corrected chi connectivity index (χ3v) is 3.57. The quantitative estimate of drug-likeness (QED) is 0.618. The molecule has 1 aliphatic rings. The van der Waals surface area contributed by atoms with Crippen LogP contribution in [0.25, 0.3) is 0 Å². The number of H-pyrrole nitrogens is 1. The van der Waals surface area contributed by atoms with E-state index in [2.05, 4.69) is 4.98 Å². The minimum atomic E-state index is -0.475. The number of hydrogen-bond donors (Lipinski definition) is 3. The van der Waals surface area contributed by atoms with Gasteiger partial charge >= 0.3 is 5.69 Å². The average molecular weight is 240 g/mol. The number of aromatic nitrogens is 2. The van der Waals surface area contributed by atoms with Crippen molar-refractivity contribution in [1.82, 2.24) is 9.55 Å². The summed E-state index contributed by atoms with van der Waals surface area (Å²) in [6, 6.07) is 0. The van der Waals surface area contributed by atoms with Gasteiger partial charge in [-0.1, -0.05) is 0 Å². The van der Waals surface area contributed by atoms with E-state index in [0.29, 0.717) is 18.5 Å². The standard InChI is InChI=1S/C11H16N2O4/c1-7-3-13(10(17)12-9(7)16)5-11(6-15)2-8(11)4-14/h3,8,14-15H,2,4-6H2,1H3,(H,12,16,17)/t8-,11-/m0/s1. The topological polar surface area (TPSA) is 95.3 Å². The Balaban J connectivity index is 2.28. The molecule has 1 saturated carbocycles. The fourth-order valence-electron chi connectivity index (χ4n) is 2.20. The van der Waals surface area contributed by atoms with Gasteiger partial charge in [-0.05, 0) is 19.3 Å². The van der Waals surface area contributed by atoms with E-state index in [1.165, 1.54) is 10.8 Å². The first-order valence-electron chi connectivity index (χ1n) is 5.54. The van der Waals surface area contributed by atoms with Crippen LogP contribution in [-0.2, 0) is 6.54 Å². The molecular formula is C11H16N2O4. The van der Waals surface area contributed by atoms with Crippen molar-refractivity contribution in [3.8, 4) is 0 Å². The third kappa shape index (κ3) is 2.05. The average Bonchev–Trinajstić information content (AvgIpc) is 3.00. The number of aromatic amines is 1. The van der Waals surface area contributed by atoms with Crippen LogP contribution in [0.5, 0.6) is 0 Å². The minimum absolute atomic E-state index is 0.0116. The van der Waals surface area contributed by atoms with Gasteiger partial charge in [-0.25, -0.2) is 4.79 Å². The van der Waals surface area contributed by atoms with E-state index < -0.39 is 11.1 Å². The predicted molar refractivity (Wildman–Crippen MR) is 60.8 cm³/mol. The van der Waals surface area contributed by atoms with Crippen LogP contribution in [0, 0.1) is 18.3 Å². The van der Waals surface area contributed by atoms with E-state index in [1.807, 2.05) is 0 Å². The van der Waals surface area contributed by atoms with Crippen molar-refractivity contribution in [2.75, 3.05) is 13.2 Å². The van der Waals surface area contributed by atoms with Crippen LogP contribution in [0.2, 0.25) is 0 Å². The zero-order chi connectivity index (χ0) is 12.6. The number of hydrogen-bond acceptors (Lipinski definition) is 4. The summed E-state index contributed by atoms with van der Waals surface area (Å²) >= 11 is 0.